The van der Waals surface area contributed by atoms with E-state index in [1.807, 2.05) is 24.3 Å². The summed E-state index contributed by atoms with van der Waals surface area (Å²) in [5.74, 6) is 1.61. The summed E-state index contributed by atoms with van der Waals surface area (Å²) in [4.78, 5) is 14.0. The first-order valence-electron chi connectivity index (χ1n) is 12.1. The van der Waals surface area contributed by atoms with E-state index in [4.69, 9.17) is 40.5 Å². The van der Waals surface area contributed by atoms with E-state index in [0.717, 1.165) is 29.8 Å². The second-order valence-electron chi connectivity index (χ2n) is 8.55. The van der Waals surface area contributed by atoms with Gasteiger partial charge in [-0.25, -0.2) is 15.0 Å². The van der Waals surface area contributed by atoms with Crippen LogP contribution in [0.4, 0.5) is 0 Å². The number of benzene rings is 1. The summed E-state index contributed by atoms with van der Waals surface area (Å²) in [5, 5.41) is 13.4. The van der Waals surface area contributed by atoms with E-state index >= 15 is 0 Å². The molecule has 2 N–H and O–H groups in total. The minimum absolute atomic E-state index is 0.0933. The third-order valence-electron chi connectivity index (χ3n) is 5.76. The van der Waals surface area contributed by atoms with Crippen molar-refractivity contribution < 1.29 is 24.1 Å². The van der Waals surface area contributed by atoms with E-state index in [9.17, 15) is 5.11 Å². The Balaban J connectivity index is 2.07. The fourth-order valence-corrected chi connectivity index (χ4v) is 4.08. The van der Waals surface area contributed by atoms with E-state index < -0.39 is 6.10 Å². The van der Waals surface area contributed by atoms with Crippen LogP contribution in [-0.2, 0) is 9.47 Å². The summed E-state index contributed by atoms with van der Waals surface area (Å²) in [5.41, 5.74) is 3.15. The van der Waals surface area contributed by atoms with Crippen molar-refractivity contribution in [1.82, 2.24) is 20.3 Å². The number of nitrogens with one attached hydrogen (secondary N) is 1. The fraction of sp³-hybridized carbons (Fsp3) is 0.444. The molecule has 0 aliphatic heterocycles. The van der Waals surface area contributed by atoms with Crippen molar-refractivity contribution in [3.8, 4) is 34.3 Å². The molecule has 1 unspecified atom stereocenters. The van der Waals surface area contributed by atoms with Gasteiger partial charge in [-0.3, -0.25) is 0 Å². The van der Waals surface area contributed by atoms with E-state index in [1.54, 1.807) is 46.7 Å². The number of pyridine rings is 1. The number of ether oxygens (including phenoxy) is 4. The van der Waals surface area contributed by atoms with Gasteiger partial charge in [0.15, 0.2) is 5.82 Å². The molecule has 2 heterocycles. The van der Waals surface area contributed by atoms with Crippen LogP contribution in [0, 0.1) is 0 Å². The predicted molar refractivity (Wildman–Crippen MR) is 143 cm³/mol. The molecule has 0 fully saturated rings. The summed E-state index contributed by atoms with van der Waals surface area (Å²) in [6, 6.07) is 11.0. The number of aliphatic hydroxyl groups excluding tert-OH is 1. The largest absolute Gasteiger partial charge is 0.491 e. The molecule has 0 saturated carbocycles. The second-order valence-corrected chi connectivity index (χ2v) is 8.98. The molecule has 3 aromatic rings. The minimum atomic E-state index is -0.650. The summed E-state index contributed by atoms with van der Waals surface area (Å²) in [6.45, 7) is 1.73. The highest BCUT2D eigenvalue weighted by molar-refractivity contribution is 6.31. The zero-order valence-electron chi connectivity index (χ0n) is 21.7. The zero-order chi connectivity index (χ0) is 26.6. The second kappa shape index (κ2) is 14.8. The third kappa shape index (κ3) is 8.62. The third-order valence-corrected chi connectivity index (χ3v) is 5.97. The molecule has 0 bridgehead atoms. The smallest absolute Gasteiger partial charge is 0.213 e. The molecule has 37 heavy (non-hydrogen) atoms. The van der Waals surface area contributed by atoms with Gasteiger partial charge in [0.25, 0.3) is 0 Å². The van der Waals surface area contributed by atoms with Gasteiger partial charge in [0.05, 0.1) is 12.8 Å². The van der Waals surface area contributed by atoms with E-state index in [-0.39, 0.29) is 12.5 Å². The summed E-state index contributed by atoms with van der Waals surface area (Å²) in [7, 11) is 6.73. The quantitative estimate of drug-likeness (QED) is 0.301. The monoisotopic (exact) mass is 530 g/mol. The number of hydrogen-bond donors (Lipinski definition) is 2. The molecule has 1 atom stereocenters. The first-order valence-corrected chi connectivity index (χ1v) is 12.5. The SMILES string of the molecule is CNCC(O)COc1cc(Cl)cc(-c2nc(-c3ccnc(OC)c3)cc(C(CCOC)CCOC)n2)c1. The van der Waals surface area contributed by atoms with Crippen molar-refractivity contribution in [2.24, 2.45) is 0 Å². The first-order chi connectivity index (χ1) is 18.0. The number of nitrogens with zero attached hydrogens (tertiary/aromatic N) is 3. The van der Waals surface area contributed by atoms with Crippen LogP contribution < -0.4 is 14.8 Å². The molecule has 200 valence electrons. The number of halogens is 1. The summed E-state index contributed by atoms with van der Waals surface area (Å²) >= 11 is 6.44. The Morgan fingerprint density at radius 2 is 1.73 bits per heavy atom. The lowest BCUT2D eigenvalue weighted by atomic mass is 9.96. The Labute approximate surface area is 223 Å². The van der Waals surface area contributed by atoms with Gasteiger partial charge >= 0.3 is 0 Å². The van der Waals surface area contributed by atoms with Crippen LogP contribution in [0.1, 0.15) is 24.5 Å². The maximum absolute atomic E-state index is 10.0. The topological polar surface area (TPSA) is 108 Å². The molecule has 2 aromatic heterocycles. The molecule has 0 radical (unpaired) electrons. The fourth-order valence-electron chi connectivity index (χ4n) is 3.85. The maximum Gasteiger partial charge on any atom is 0.213 e. The van der Waals surface area contributed by atoms with Crippen molar-refractivity contribution >= 4 is 11.6 Å². The van der Waals surface area contributed by atoms with Crippen molar-refractivity contribution in [2.75, 3.05) is 54.7 Å². The maximum atomic E-state index is 10.0. The van der Waals surface area contributed by atoms with Gasteiger partial charge in [0.1, 0.15) is 18.5 Å². The average molecular weight is 531 g/mol. The van der Waals surface area contributed by atoms with Crippen LogP contribution in [0.5, 0.6) is 11.6 Å². The molecular weight excluding hydrogens is 496 g/mol. The van der Waals surface area contributed by atoms with Crippen molar-refractivity contribution in [3.63, 3.8) is 0 Å². The van der Waals surface area contributed by atoms with Crippen LogP contribution in [0.25, 0.3) is 22.6 Å². The van der Waals surface area contributed by atoms with Gasteiger partial charge in [0, 0.05) is 74.0 Å². The van der Waals surface area contributed by atoms with Gasteiger partial charge in [-0.05, 0) is 50.2 Å². The molecule has 1 aromatic carbocycles. The number of aliphatic hydroxyl groups is 1. The Hall–Kier alpha value is -2.82. The van der Waals surface area contributed by atoms with Crippen molar-refractivity contribution in [3.05, 3.63) is 53.3 Å². The number of rotatable bonds is 15. The van der Waals surface area contributed by atoms with Crippen LogP contribution in [0.2, 0.25) is 5.02 Å². The molecule has 9 nitrogen and oxygen atoms in total. The first kappa shape index (κ1) is 28.7. The Bertz CT molecular complexity index is 1130. The molecule has 0 aliphatic rings. The lowest BCUT2D eigenvalue weighted by Gasteiger charge is -2.18. The van der Waals surface area contributed by atoms with Gasteiger partial charge in [-0.2, -0.15) is 0 Å². The number of methoxy groups -OCH3 is 3. The number of aromatic nitrogens is 3. The summed E-state index contributed by atoms with van der Waals surface area (Å²) < 4.78 is 21.8. The lowest BCUT2D eigenvalue weighted by Crippen LogP contribution is -2.29. The van der Waals surface area contributed by atoms with Crippen LogP contribution in [-0.4, -0.2) is 80.9 Å². The van der Waals surface area contributed by atoms with Crippen molar-refractivity contribution in [1.29, 1.82) is 0 Å². The Morgan fingerprint density at radius 3 is 2.41 bits per heavy atom. The molecule has 0 spiro atoms. The molecule has 0 amide bonds. The van der Waals surface area contributed by atoms with Gasteiger partial charge in [-0.15, -0.1) is 0 Å². The zero-order valence-corrected chi connectivity index (χ0v) is 22.5. The predicted octanol–water partition coefficient (Wildman–Crippen LogP) is 3.98. The number of likely N-dealkylation sites (N-methyl/N-ethyl adjacent to an activating group) is 1. The normalized spacial score (nSPS) is 12.1. The van der Waals surface area contributed by atoms with E-state index in [0.29, 0.717) is 47.8 Å². The van der Waals surface area contributed by atoms with Crippen LogP contribution in [0.15, 0.2) is 42.6 Å². The highest BCUT2D eigenvalue weighted by Gasteiger charge is 2.18. The molecule has 0 saturated heterocycles. The Kier molecular flexibility index (Phi) is 11.5. The van der Waals surface area contributed by atoms with Crippen LogP contribution >= 0.6 is 11.6 Å². The molecular formula is C27H35ClN4O5. The average Bonchev–Trinajstić information content (AvgIpc) is 2.91. The van der Waals surface area contributed by atoms with Crippen molar-refractivity contribution in [2.45, 2.75) is 24.9 Å². The lowest BCUT2D eigenvalue weighted by molar-refractivity contribution is 0.108. The van der Waals surface area contributed by atoms with Gasteiger partial charge in [-0.1, -0.05) is 11.6 Å². The van der Waals surface area contributed by atoms with Crippen LogP contribution in [0.3, 0.4) is 0 Å². The van der Waals surface area contributed by atoms with E-state index in [2.05, 4.69) is 10.3 Å². The summed E-state index contributed by atoms with van der Waals surface area (Å²) in [6.07, 6.45) is 2.60. The Morgan fingerprint density at radius 1 is 0.973 bits per heavy atom. The molecule has 0 aliphatic carbocycles. The standard InChI is InChI=1S/C27H35ClN4O5/c1-29-16-22(33)17-37-23-12-20(11-21(28)14-23)27-31-24(18(6-9-34-2)7-10-35-3)15-25(32-27)19-5-8-30-26(13-19)36-4/h5,8,11-15,18,22,29,33H,6-7,9-10,16-17H2,1-4H3. The van der Waals surface area contributed by atoms with Gasteiger partial charge in [0.2, 0.25) is 5.88 Å². The van der Waals surface area contributed by atoms with Gasteiger partial charge < -0.3 is 29.4 Å². The molecule has 10 heteroatoms. The number of hydrogen-bond acceptors (Lipinski definition) is 9. The molecule has 3 rings (SSSR count). The highest BCUT2D eigenvalue weighted by atomic mass is 35.5. The highest BCUT2D eigenvalue weighted by Crippen LogP contribution is 2.32. The minimum Gasteiger partial charge on any atom is -0.491 e. The van der Waals surface area contributed by atoms with E-state index in [1.165, 1.54) is 0 Å².